The lowest BCUT2D eigenvalue weighted by atomic mass is 10.3. The van der Waals surface area contributed by atoms with Crippen molar-refractivity contribution in [2.45, 2.75) is 0 Å². The van der Waals surface area contributed by atoms with Crippen molar-refractivity contribution in [2.24, 2.45) is 0 Å². The van der Waals surface area contributed by atoms with Gasteiger partial charge >= 0.3 is 11.8 Å². The van der Waals surface area contributed by atoms with Crippen molar-refractivity contribution in [1.29, 1.82) is 0 Å². The Hall–Kier alpha value is -2.28. The fraction of sp³-hybridized carbons (Fsp3) is 0. The third-order valence-electron chi connectivity index (χ3n) is 2.25. The average Bonchev–Trinajstić information content (AvgIpc) is 2.38. The van der Waals surface area contributed by atoms with E-state index in [1.165, 1.54) is 24.4 Å². The van der Waals surface area contributed by atoms with Gasteiger partial charge in [-0.15, -0.1) is 0 Å². The van der Waals surface area contributed by atoms with Crippen LogP contribution < -0.4 is 10.6 Å². The van der Waals surface area contributed by atoms with Gasteiger partial charge in [0.15, 0.2) is 0 Å². The summed E-state index contributed by atoms with van der Waals surface area (Å²) in [6, 6.07) is 6.87. The van der Waals surface area contributed by atoms with Crippen LogP contribution in [0.25, 0.3) is 0 Å². The van der Waals surface area contributed by atoms with Crippen LogP contribution in [0.2, 0.25) is 0 Å². The molecule has 0 bridgehead atoms. The largest absolute Gasteiger partial charge is 0.318 e. The van der Waals surface area contributed by atoms with E-state index in [0.29, 0.717) is 10.2 Å². The van der Waals surface area contributed by atoms with Crippen LogP contribution in [0.5, 0.6) is 0 Å². The molecule has 0 radical (unpaired) electrons. The Labute approximate surface area is 122 Å². The van der Waals surface area contributed by atoms with E-state index in [2.05, 4.69) is 31.5 Å². The summed E-state index contributed by atoms with van der Waals surface area (Å²) in [5.74, 6) is -2.26. The van der Waals surface area contributed by atoms with Crippen LogP contribution in [-0.2, 0) is 9.59 Å². The molecule has 2 N–H and O–H groups in total. The Morgan fingerprint density at radius 2 is 1.75 bits per heavy atom. The molecule has 0 atom stereocenters. The Kier molecular flexibility index (Phi) is 4.41. The molecular weight excluding hydrogens is 329 g/mol. The maximum absolute atomic E-state index is 12.9. The standard InChI is InChI=1S/C13H9BrFN3O2/c14-8-4-11(7-16-6-8)18-13(20)12(19)17-10-3-1-2-9(15)5-10/h1-7H,(H,17,19)(H,18,20). The second-order valence-corrected chi connectivity index (χ2v) is 4.73. The monoisotopic (exact) mass is 337 g/mol. The number of aromatic nitrogens is 1. The zero-order valence-electron chi connectivity index (χ0n) is 10.1. The summed E-state index contributed by atoms with van der Waals surface area (Å²) in [5, 5.41) is 4.67. The summed E-state index contributed by atoms with van der Waals surface area (Å²) < 4.78 is 13.6. The van der Waals surface area contributed by atoms with E-state index in [9.17, 15) is 14.0 Å². The molecule has 5 nitrogen and oxygen atoms in total. The number of amides is 2. The van der Waals surface area contributed by atoms with E-state index >= 15 is 0 Å². The van der Waals surface area contributed by atoms with Gasteiger partial charge in [0.1, 0.15) is 5.82 Å². The van der Waals surface area contributed by atoms with Crippen molar-refractivity contribution < 1.29 is 14.0 Å². The van der Waals surface area contributed by atoms with Crippen molar-refractivity contribution >= 4 is 39.1 Å². The molecule has 2 aromatic rings. The highest BCUT2D eigenvalue weighted by molar-refractivity contribution is 9.10. The number of hydrogen-bond acceptors (Lipinski definition) is 3. The Balaban J connectivity index is 2.01. The molecule has 0 saturated carbocycles. The summed E-state index contributed by atoms with van der Waals surface area (Å²) in [6.45, 7) is 0. The molecule has 0 aliphatic carbocycles. The van der Waals surface area contributed by atoms with Crippen LogP contribution in [0.4, 0.5) is 15.8 Å². The normalized spacial score (nSPS) is 9.90. The lowest BCUT2D eigenvalue weighted by Crippen LogP contribution is -2.29. The zero-order chi connectivity index (χ0) is 14.5. The molecule has 2 rings (SSSR count). The predicted molar refractivity (Wildman–Crippen MR) is 75.6 cm³/mol. The number of nitrogens with one attached hydrogen (secondary N) is 2. The number of anilines is 2. The molecule has 0 unspecified atom stereocenters. The molecule has 7 heteroatoms. The van der Waals surface area contributed by atoms with Crippen molar-refractivity contribution in [2.75, 3.05) is 10.6 Å². The number of rotatable bonds is 2. The fourth-order valence-corrected chi connectivity index (χ4v) is 1.79. The van der Waals surface area contributed by atoms with Crippen molar-refractivity contribution in [3.8, 4) is 0 Å². The SMILES string of the molecule is O=C(Nc1cccc(F)c1)C(=O)Nc1cncc(Br)c1. The van der Waals surface area contributed by atoms with Gasteiger partial charge in [0.05, 0.1) is 11.9 Å². The van der Waals surface area contributed by atoms with Crippen molar-refractivity contribution in [1.82, 2.24) is 4.98 Å². The first-order chi connectivity index (χ1) is 9.54. The topological polar surface area (TPSA) is 71.1 Å². The van der Waals surface area contributed by atoms with E-state index in [0.717, 1.165) is 6.07 Å². The van der Waals surface area contributed by atoms with Crippen LogP contribution in [0.1, 0.15) is 0 Å². The second-order valence-electron chi connectivity index (χ2n) is 3.81. The number of carbonyl (C=O) groups is 2. The van der Waals surface area contributed by atoms with Gasteiger partial charge in [-0.2, -0.15) is 0 Å². The van der Waals surface area contributed by atoms with Gasteiger partial charge in [0.25, 0.3) is 0 Å². The molecule has 0 fully saturated rings. The number of halogens is 2. The number of hydrogen-bond donors (Lipinski definition) is 2. The molecule has 1 aromatic heterocycles. The lowest BCUT2D eigenvalue weighted by Gasteiger charge is -2.06. The molecule has 1 heterocycles. The van der Waals surface area contributed by atoms with Crippen molar-refractivity contribution in [3.63, 3.8) is 0 Å². The highest BCUT2D eigenvalue weighted by atomic mass is 79.9. The van der Waals surface area contributed by atoms with Crippen LogP contribution in [0.15, 0.2) is 47.2 Å². The highest BCUT2D eigenvalue weighted by Crippen LogP contribution is 2.14. The van der Waals surface area contributed by atoms with Gasteiger partial charge in [-0.05, 0) is 40.2 Å². The third-order valence-corrected chi connectivity index (χ3v) is 2.69. The summed E-state index contributed by atoms with van der Waals surface area (Å²) in [6.07, 6.45) is 2.95. The molecule has 0 saturated heterocycles. The molecule has 0 aliphatic heterocycles. The second kappa shape index (κ2) is 6.25. The van der Waals surface area contributed by atoms with Gasteiger partial charge in [-0.25, -0.2) is 4.39 Å². The Bertz CT molecular complexity index is 606. The van der Waals surface area contributed by atoms with Crippen LogP contribution in [0, 0.1) is 5.82 Å². The Morgan fingerprint density at radius 3 is 2.40 bits per heavy atom. The summed E-state index contributed by atoms with van der Waals surface area (Å²) >= 11 is 3.19. The van der Waals surface area contributed by atoms with Crippen LogP contribution in [-0.4, -0.2) is 16.8 Å². The molecule has 20 heavy (non-hydrogen) atoms. The maximum Gasteiger partial charge on any atom is 0.314 e. The first kappa shape index (κ1) is 14.1. The minimum atomic E-state index is -0.893. The smallest absolute Gasteiger partial charge is 0.314 e. The summed E-state index contributed by atoms with van der Waals surface area (Å²) in [7, 11) is 0. The first-order valence-corrected chi connectivity index (χ1v) is 6.32. The van der Waals surface area contributed by atoms with Crippen LogP contribution in [0.3, 0.4) is 0 Å². The molecule has 2 amide bonds. The van der Waals surface area contributed by atoms with Gasteiger partial charge < -0.3 is 10.6 Å². The molecule has 102 valence electrons. The third kappa shape index (κ3) is 3.86. The quantitative estimate of drug-likeness (QED) is 0.827. The number of benzene rings is 1. The van der Waals surface area contributed by atoms with Gasteiger partial charge in [-0.1, -0.05) is 6.07 Å². The van der Waals surface area contributed by atoms with E-state index in [1.807, 2.05) is 0 Å². The van der Waals surface area contributed by atoms with Gasteiger partial charge in [0.2, 0.25) is 0 Å². The van der Waals surface area contributed by atoms with Crippen molar-refractivity contribution in [3.05, 3.63) is 53.0 Å². The van der Waals surface area contributed by atoms with Gasteiger partial charge in [0, 0.05) is 16.4 Å². The number of nitrogens with zero attached hydrogens (tertiary/aromatic N) is 1. The fourth-order valence-electron chi connectivity index (χ4n) is 1.42. The van der Waals surface area contributed by atoms with Gasteiger partial charge in [-0.3, -0.25) is 14.6 Å². The average molecular weight is 338 g/mol. The van der Waals surface area contributed by atoms with E-state index in [4.69, 9.17) is 0 Å². The molecular formula is C13H9BrFN3O2. The molecule has 0 spiro atoms. The van der Waals surface area contributed by atoms with Crippen LogP contribution >= 0.6 is 15.9 Å². The first-order valence-electron chi connectivity index (χ1n) is 5.53. The zero-order valence-corrected chi connectivity index (χ0v) is 11.6. The lowest BCUT2D eigenvalue weighted by molar-refractivity contribution is -0.133. The summed E-state index contributed by atoms with van der Waals surface area (Å²) in [5.41, 5.74) is 0.580. The summed E-state index contributed by atoms with van der Waals surface area (Å²) in [4.78, 5) is 27.1. The minimum absolute atomic E-state index is 0.206. The minimum Gasteiger partial charge on any atom is -0.318 e. The van der Waals surface area contributed by atoms with E-state index < -0.39 is 17.6 Å². The van der Waals surface area contributed by atoms with E-state index in [-0.39, 0.29) is 5.69 Å². The predicted octanol–water partition coefficient (Wildman–Crippen LogP) is 2.56. The Morgan fingerprint density at radius 1 is 1.05 bits per heavy atom. The molecule has 1 aromatic carbocycles. The molecule has 0 aliphatic rings. The number of pyridine rings is 1. The highest BCUT2D eigenvalue weighted by Gasteiger charge is 2.14. The maximum atomic E-state index is 12.9. The van der Waals surface area contributed by atoms with E-state index in [1.54, 1.807) is 12.3 Å². The number of carbonyl (C=O) groups excluding carboxylic acids is 2.